The van der Waals surface area contributed by atoms with E-state index < -0.39 is 0 Å². The van der Waals surface area contributed by atoms with E-state index in [-0.39, 0.29) is 0 Å². The molecule has 6 rings (SSSR count). The highest BCUT2D eigenvalue weighted by Gasteiger charge is 2.29. The maximum Gasteiger partial charge on any atom is -0.000717 e. The van der Waals surface area contributed by atoms with Crippen LogP contribution >= 0.6 is 0 Å². The van der Waals surface area contributed by atoms with Crippen LogP contribution in [0.25, 0.3) is 33.0 Å². The predicted octanol–water partition coefficient (Wildman–Crippen LogP) is 5.98. The molecule has 0 amide bonds. The molecule has 2 aliphatic rings. The molecule has 0 aliphatic heterocycles. The van der Waals surface area contributed by atoms with Crippen molar-refractivity contribution in [2.75, 3.05) is 0 Å². The quantitative estimate of drug-likeness (QED) is 0.324. The zero-order chi connectivity index (χ0) is 15.7. The van der Waals surface area contributed by atoms with Crippen molar-refractivity contribution in [2.24, 2.45) is 0 Å². The highest BCUT2D eigenvalue weighted by Crippen LogP contribution is 2.50. The van der Waals surface area contributed by atoms with Gasteiger partial charge in [0.15, 0.2) is 0 Å². The first-order chi connectivity index (χ1) is 11.9. The third-order valence-corrected chi connectivity index (χ3v) is 5.69. The molecule has 0 heterocycles. The van der Waals surface area contributed by atoms with Crippen LogP contribution in [0.5, 0.6) is 0 Å². The van der Waals surface area contributed by atoms with E-state index in [4.69, 9.17) is 0 Å². The van der Waals surface area contributed by atoms with Crippen LogP contribution in [0.3, 0.4) is 0 Å². The van der Waals surface area contributed by atoms with Gasteiger partial charge in [-0.2, -0.15) is 0 Å². The first-order valence-electron chi connectivity index (χ1n) is 8.64. The van der Waals surface area contributed by atoms with E-state index in [2.05, 4.69) is 72.8 Å². The largest absolute Gasteiger partial charge is 0.0619 e. The Bertz CT molecular complexity index is 1150. The fourth-order valence-corrected chi connectivity index (χ4v) is 4.72. The number of hydrogen-bond acceptors (Lipinski definition) is 0. The lowest BCUT2D eigenvalue weighted by molar-refractivity contribution is 1.21. The Labute approximate surface area is 141 Å². The molecule has 0 heteroatoms. The van der Waals surface area contributed by atoms with Crippen molar-refractivity contribution in [1.82, 2.24) is 0 Å². The molecule has 4 aromatic carbocycles. The summed E-state index contributed by atoms with van der Waals surface area (Å²) in [6.45, 7) is 0. The van der Waals surface area contributed by atoms with Gasteiger partial charge in [-0.15, -0.1) is 0 Å². The Morgan fingerprint density at radius 2 is 1.33 bits per heavy atom. The highest BCUT2D eigenvalue weighted by atomic mass is 14.3. The van der Waals surface area contributed by atoms with Gasteiger partial charge in [0.05, 0.1) is 0 Å². The van der Waals surface area contributed by atoms with E-state index in [1.807, 2.05) is 0 Å². The summed E-state index contributed by atoms with van der Waals surface area (Å²) in [4.78, 5) is 0. The maximum atomic E-state index is 2.41. The zero-order valence-corrected chi connectivity index (χ0v) is 13.3. The van der Waals surface area contributed by atoms with Crippen LogP contribution in [0.1, 0.15) is 22.3 Å². The first-order valence-corrected chi connectivity index (χ1v) is 8.64. The van der Waals surface area contributed by atoms with Crippen molar-refractivity contribution < 1.29 is 0 Å². The Kier molecular flexibility index (Phi) is 2.28. The van der Waals surface area contributed by atoms with Gasteiger partial charge in [-0.05, 0) is 68.1 Å². The Morgan fingerprint density at radius 1 is 0.542 bits per heavy atom. The first kappa shape index (κ1) is 12.5. The van der Waals surface area contributed by atoms with Crippen molar-refractivity contribution >= 4 is 10.8 Å². The summed E-state index contributed by atoms with van der Waals surface area (Å²) < 4.78 is 0. The average molecular weight is 304 g/mol. The molecule has 112 valence electrons. The lowest BCUT2D eigenvalue weighted by Gasteiger charge is -2.12. The fourth-order valence-electron chi connectivity index (χ4n) is 4.72. The second kappa shape index (κ2) is 4.36. The number of rotatable bonds is 0. The third-order valence-electron chi connectivity index (χ3n) is 5.69. The summed E-state index contributed by atoms with van der Waals surface area (Å²) in [6.07, 6.45) is 2.09. The van der Waals surface area contributed by atoms with E-state index in [1.54, 1.807) is 0 Å². The molecular formula is C24H16. The van der Waals surface area contributed by atoms with Crippen molar-refractivity contribution in [3.05, 3.63) is 95.1 Å². The summed E-state index contributed by atoms with van der Waals surface area (Å²) in [5.41, 5.74) is 11.7. The summed E-state index contributed by atoms with van der Waals surface area (Å²) >= 11 is 0. The van der Waals surface area contributed by atoms with Crippen molar-refractivity contribution in [2.45, 2.75) is 12.8 Å². The van der Waals surface area contributed by atoms with Gasteiger partial charge in [0.1, 0.15) is 0 Å². The second-order valence-corrected chi connectivity index (χ2v) is 6.96. The number of hydrogen-bond donors (Lipinski definition) is 0. The predicted molar refractivity (Wildman–Crippen MR) is 100 cm³/mol. The molecule has 0 N–H and O–H groups in total. The minimum Gasteiger partial charge on any atom is -0.0619 e. The zero-order valence-electron chi connectivity index (χ0n) is 13.3. The molecule has 0 saturated heterocycles. The third kappa shape index (κ3) is 1.48. The molecule has 0 saturated carbocycles. The summed E-state index contributed by atoms with van der Waals surface area (Å²) in [5.74, 6) is 0. The van der Waals surface area contributed by atoms with E-state index in [1.165, 1.54) is 55.3 Å². The van der Waals surface area contributed by atoms with Gasteiger partial charge in [-0.3, -0.25) is 0 Å². The van der Waals surface area contributed by atoms with E-state index >= 15 is 0 Å². The lowest BCUT2D eigenvalue weighted by atomic mass is 9.91. The molecule has 0 aromatic heterocycles. The molecular weight excluding hydrogens is 288 g/mol. The maximum absolute atomic E-state index is 2.41. The van der Waals surface area contributed by atoms with E-state index in [9.17, 15) is 0 Å². The average Bonchev–Trinajstić information content (AvgIpc) is 2.92. The summed E-state index contributed by atoms with van der Waals surface area (Å²) in [7, 11) is 0. The highest BCUT2D eigenvalue weighted by molar-refractivity contribution is 6.02. The van der Waals surface area contributed by atoms with Crippen molar-refractivity contribution in [3.63, 3.8) is 0 Å². The molecule has 2 aliphatic carbocycles. The van der Waals surface area contributed by atoms with Gasteiger partial charge < -0.3 is 0 Å². The van der Waals surface area contributed by atoms with E-state index in [0.717, 1.165) is 12.8 Å². The van der Waals surface area contributed by atoms with Gasteiger partial charge >= 0.3 is 0 Å². The topological polar surface area (TPSA) is 0 Å². The van der Waals surface area contributed by atoms with Crippen LogP contribution < -0.4 is 0 Å². The normalized spacial score (nSPS) is 13.5. The van der Waals surface area contributed by atoms with Crippen LogP contribution in [0.4, 0.5) is 0 Å². The number of benzene rings is 4. The standard InChI is InChI=1S/C24H16/c1-4-10-20-15(6-1)12-18-13-17-8-5-11-21-19-9-3-2-7-16(19)14-22(20)24(18)23(17)21/h1-12H,13-14H2. The fraction of sp³-hybridized carbons (Fsp3) is 0.0833. The van der Waals surface area contributed by atoms with Gasteiger partial charge in [-0.25, -0.2) is 0 Å². The van der Waals surface area contributed by atoms with Crippen LogP contribution in [0.15, 0.2) is 72.8 Å². The molecule has 0 unspecified atom stereocenters. The minimum absolute atomic E-state index is 1.02. The Hall–Kier alpha value is -2.86. The molecule has 24 heavy (non-hydrogen) atoms. The molecule has 0 spiro atoms. The number of fused-ring (bicyclic) bond motifs is 4. The molecule has 0 fully saturated rings. The van der Waals surface area contributed by atoms with Crippen LogP contribution in [-0.2, 0) is 12.8 Å². The summed E-state index contributed by atoms with van der Waals surface area (Å²) in [6, 6.07) is 27.0. The molecule has 0 atom stereocenters. The van der Waals surface area contributed by atoms with Gasteiger partial charge in [0, 0.05) is 0 Å². The van der Waals surface area contributed by atoms with Crippen LogP contribution in [0.2, 0.25) is 0 Å². The Morgan fingerprint density at radius 3 is 2.33 bits per heavy atom. The van der Waals surface area contributed by atoms with Crippen molar-refractivity contribution in [3.8, 4) is 22.3 Å². The van der Waals surface area contributed by atoms with E-state index in [0.29, 0.717) is 0 Å². The van der Waals surface area contributed by atoms with Gasteiger partial charge in [0.2, 0.25) is 0 Å². The molecule has 4 aromatic rings. The molecule has 0 nitrogen and oxygen atoms in total. The summed E-state index contributed by atoms with van der Waals surface area (Å²) in [5, 5.41) is 2.79. The van der Waals surface area contributed by atoms with Crippen LogP contribution in [0, 0.1) is 0 Å². The monoisotopic (exact) mass is 304 g/mol. The Balaban J connectivity index is 1.86. The molecule has 0 radical (unpaired) electrons. The second-order valence-electron chi connectivity index (χ2n) is 6.96. The molecule has 0 bridgehead atoms. The van der Waals surface area contributed by atoms with Gasteiger partial charge in [-0.1, -0.05) is 72.8 Å². The smallest absolute Gasteiger partial charge is 0.000717 e. The van der Waals surface area contributed by atoms with Crippen molar-refractivity contribution in [1.29, 1.82) is 0 Å². The SMILES string of the molecule is c1ccc2c(c1)Cc1c3c(cc4ccccc14)Cc1cccc-2c1-3. The lowest BCUT2D eigenvalue weighted by Crippen LogP contribution is -1.94. The minimum atomic E-state index is 1.02. The van der Waals surface area contributed by atoms with Crippen LogP contribution in [-0.4, -0.2) is 0 Å². The van der Waals surface area contributed by atoms with Gasteiger partial charge in [0.25, 0.3) is 0 Å².